The SMILES string of the molecule is CC[C@H](CO)NS(=O)(=O)c1cc(N)cc(F)c1F. The smallest absolute Gasteiger partial charge is 0.244 e. The van der Waals surface area contributed by atoms with Gasteiger partial charge in [-0.15, -0.1) is 0 Å². The molecule has 1 aromatic carbocycles. The Labute approximate surface area is 104 Å². The van der Waals surface area contributed by atoms with Gasteiger partial charge in [0, 0.05) is 11.7 Å². The van der Waals surface area contributed by atoms with Gasteiger partial charge in [0.25, 0.3) is 0 Å². The van der Waals surface area contributed by atoms with Crippen LogP contribution >= 0.6 is 0 Å². The highest BCUT2D eigenvalue weighted by atomic mass is 32.2. The van der Waals surface area contributed by atoms with Gasteiger partial charge in [-0.1, -0.05) is 6.92 Å². The molecule has 0 bridgehead atoms. The molecule has 18 heavy (non-hydrogen) atoms. The second kappa shape index (κ2) is 5.59. The highest BCUT2D eigenvalue weighted by Crippen LogP contribution is 2.21. The Morgan fingerprint density at radius 3 is 2.56 bits per heavy atom. The van der Waals surface area contributed by atoms with E-state index in [4.69, 9.17) is 10.8 Å². The van der Waals surface area contributed by atoms with Crippen LogP contribution in [0.4, 0.5) is 14.5 Å². The summed E-state index contributed by atoms with van der Waals surface area (Å²) < 4.78 is 52.2. The Hall–Kier alpha value is -1.25. The molecule has 5 nitrogen and oxygen atoms in total. The molecular formula is C10H14F2N2O3S. The first-order valence-electron chi connectivity index (χ1n) is 5.19. The van der Waals surface area contributed by atoms with E-state index in [1.807, 2.05) is 0 Å². The van der Waals surface area contributed by atoms with E-state index in [-0.39, 0.29) is 5.69 Å². The van der Waals surface area contributed by atoms with Crippen LogP contribution < -0.4 is 10.5 Å². The van der Waals surface area contributed by atoms with Crippen LogP contribution in [-0.2, 0) is 10.0 Å². The molecule has 1 aromatic rings. The van der Waals surface area contributed by atoms with Crippen LogP contribution in [0.5, 0.6) is 0 Å². The Morgan fingerprint density at radius 2 is 2.06 bits per heavy atom. The number of nitrogen functional groups attached to an aromatic ring is 1. The Balaban J connectivity index is 3.20. The molecule has 0 unspecified atom stereocenters. The molecule has 1 atom stereocenters. The summed E-state index contributed by atoms with van der Waals surface area (Å²) in [6.07, 6.45) is 0.308. The minimum absolute atomic E-state index is 0.202. The number of rotatable bonds is 5. The van der Waals surface area contributed by atoms with Crippen LogP contribution in [0, 0.1) is 11.6 Å². The standard InChI is InChI=1S/C10H14F2N2O3S/c1-2-7(5-15)14-18(16,17)9-4-6(13)3-8(11)10(9)12/h3-4,7,14-15H,2,5,13H2,1H3/t7-/m1/s1. The van der Waals surface area contributed by atoms with E-state index in [1.54, 1.807) is 6.92 Å². The van der Waals surface area contributed by atoms with Crippen LogP contribution in [0.1, 0.15) is 13.3 Å². The van der Waals surface area contributed by atoms with E-state index in [1.165, 1.54) is 0 Å². The lowest BCUT2D eigenvalue weighted by Gasteiger charge is -2.15. The van der Waals surface area contributed by atoms with Gasteiger partial charge in [-0.25, -0.2) is 21.9 Å². The topological polar surface area (TPSA) is 92.4 Å². The van der Waals surface area contributed by atoms with Crippen molar-refractivity contribution < 1.29 is 22.3 Å². The highest BCUT2D eigenvalue weighted by molar-refractivity contribution is 7.89. The third-order valence-corrected chi connectivity index (χ3v) is 3.86. The van der Waals surface area contributed by atoms with Gasteiger partial charge in [0.2, 0.25) is 10.0 Å². The molecule has 1 rings (SSSR count). The monoisotopic (exact) mass is 280 g/mol. The predicted molar refractivity (Wildman–Crippen MR) is 62.3 cm³/mol. The van der Waals surface area contributed by atoms with Crippen LogP contribution in [0.15, 0.2) is 17.0 Å². The molecule has 0 amide bonds. The first-order valence-corrected chi connectivity index (χ1v) is 6.67. The Bertz CT molecular complexity index is 530. The zero-order chi connectivity index (χ0) is 13.9. The van der Waals surface area contributed by atoms with Crippen LogP contribution in [0.25, 0.3) is 0 Å². The van der Waals surface area contributed by atoms with Gasteiger partial charge in [0.05, 0.1) is 6.61 Å². The van der Waals surface area contributed by atoms with Gasteiger partial charge in [-0.3, -0.25) is 0 Å². The maximum Gasteiger partial charge on any atom is 0.244 e. The average Bonchev–Trinajstić information content (AvgIpc) is 2.30. The van der Waals surface area contributed by atoms with Crippen LogP contribution in [-0.4, -0.2) is 26.2 Å². The molecule has 0 heterocycles. The Morgan fingerprint density at radius 1 is 1.44 bits per heavy atom. The lowest BCUT2D eigenvalue weighted by atomic mass is 10.3. The number of nitrogens with two attached hydrogens (primary N) is 1. The van der Waals surface area contributed by atoms with E-state index in [0.29, 0.717) is 12.5 Å². The molecule has 0 aromatic heterocycles. The molecule has 102 valence electrons. The number of aliphatic hydroxyl groups excluding tert-OH is 1. The number of hydrogen-bond acceptors (Lipinski definition) is 4. The van der Waals surface area contributed by atoms with Crippen molar-refractivity contribution in [2.24, 2.45) is 0 Å². The lowest BCUT2D eigenvalue weighted by molar-refractivity contribution is 0.253. The van der Waals surface area contributed by atoms with Crippen molar-refractivity contribution in [1.29, 1.82) is 0 Å². The van der Waals surface area contributed by atoms with Crippen molar-refractivity contribution in [3.05, 3.63) is 23.8 Å². The van der Waals surface area contributed by atoms with Gasteiger partial charge < -0.3 is 10.8 Å². The number of anilines is 1. The third kappa shape index (κ3) is 3.15. The van der Waals surface area contributed by atoms with Crippen molar-refractivity contribution in [3.63, 3.8) is 0 Å². The van der Waals surface area contributed by atoms with Gasteiger partial charge in [-0.05, 0) is 18.6 Å². The van der Waals surface area contributed by atoms with Gasteiger partial charge in [0.1, 0.15) is 4.90 Å². The third-order valence-electron chi connectivity index (χ3n) is 2.34. The zero-order valence-electron chi connectivity index (χ0n) is 9.65. The Kier molecular flexibility index (Phi) is 4.60. The molecule has 0 aliphatic rings. The quantitative estimate of drug-likeness (QED) is 0.688. The fourth-order valence-electron chi connectivity index (χ4n) is 1.31. The van der Waals surface area contributed by atoms with E-state index >= 15 is 0 Å². The predicted octanol–water partition coefficient (Wildman–Crippen LogP) is 0.596. The first kappa shape index (κ1) is 14.8. The van der Waals surface area contributed by atoms with Crippen molar-refractivity contribution in [2.45, 2.75) is 24.3 Å². The minimum atomic E-state index is -4.26. The second-order valence-corrected chi connectivity index (χ2v) is 5.41. The maximum atomic E-state index is 13.4. The van der Waals surface area contributed by atoms with Gasteiger partial charge in [0.15, 0.2) is 11.6 Å². The largest absolute Gasteiger partial charge is 0.399 e. The second-order valence-electron chi connectivity index (χ2n) is 3.72. The fourth-order valence-corrected chi connectivity index (χ4v) is 2.74. The number of benzene rings is 1. The summed E-state index contributed by atoms with van der Waals surface area (Å²) >= 11 is 0. The van der Waals surface area contributed by atoms with E-state index < -0.39 is 39.2 Å². The van der Waals surface area contributed by atoms with E-state index in [9.17, 15) is 17.2 Å². The molecule has 0 saturated carbocycles. The average molecular weight is 280 g/mol. The summed E-state index contributed by atoms with van der Waals surface area (Å²) in [4.78, 5) is -0.869. The summed E-state index contributed by atoms with van der Waals surface area (Å²) in [5.74, 6) is -2.84. The maximum absolute atomic E-state index is 13.4. The number of hydrogen-bond donors (Lipinski definition) is 3. The van der Waals surface area contributed by atoms with Crippen molar-refractivity contribution in [1.82, 2.24) is 4.72 Å². The fraction of sp³-hybridized carbons (Fsp3) is 0.400. The first-order chi connectivity index (χ1) is 8.31. The van der Waals surface area contributed by atoms with E-state index in [2.05, 4.69) is 4.72 Å². The molecule has 0 radical (unpaired) electrons. The lowest BCUT2D eigenvalue weighted by Crippen LogP contribution is -2.37. The molecular weight excluding hydrogens is 266 g/mol. The molecule has 0 aliphatic heterocycles. The number of nitrogens with one attached hydrogen (secondary N) is 1. The molecule has 4 N–H and O–H groups in total. The summed E-state index contributed by atoms with van der Waals surface area (Å²) in [5.41, 5.74) is 5.07. The number of aliphatic hydroxyl groups is 1. The number of halogens is 2. The van der Waals surface area contributed by atoms with E-state index in [0.717, 1.165) is 6.07 Å². The van der Waals surface area contributed by atoms with Crippen molar-refractivity contribution in [2.75, 3.05) is 12.3 Å². The summed E-state index contributed by atoms with van der Waals surface area (Å²) in [7, 11) is -4.26. The molecule has 0 saturated heterocycles. The number of sulfonamides is 1. The molecule has 8 heteroatoms. The zero-order valence-corrected chi connectivity index (χ0v) is 10.5. The molecule has 0 spiro atoms. The summed E-state index contributed by atoms with van der Waals surface area (Å²) in [5, 5.41) is 8.90. The van der Waals surface area contributed by atoms with Crippen LogP contribution in [0.2, 0.25) is 0 Å². The summed E-state index contributed by atoms with van der Waals surface area (Å²) in [6.45, 7) is 1.20. The normalized spacial score (nSPS) is 13.6. The summed E-state index contributed by atoms with van der Waals surface area (Å²) in [6, 6.07) is 0.751. The van der Waals surface area contributed by atoms with Gasteiger partial charge in [-0.2, -0.15) is 0 Å². The van der Waals surface area contributed by atoms with Crippen molar-refractivity contribution in [3.8, 4) is 0 Å². The highest BCUT2D eigenvalue weighted by Gasteiger charge is 2.24. The van der Waals surface area contributed by atoms with Gasteiger partial charge >= 0.3 is 0 Å². The molecule has 0 fully saturated rings. The minimum Gasteiger partial charge on any atom is -0.399 e. The van der Waals surface area contributed by atoms with Crippen molar-refractivity contribution >= 4 is 15.7 Å². The van der Waals surface area contributed by atoms with Crippen LogP contribution in [0.3, 0.4) is 0 Å². The molecule has 0 aliphatic carbocycles.